The maximum Gasteiger partial charge on any atom is 0.107 e. The lowest BCUT2D eigenvalue weighted by Crippen LogP contribution is -2.01. The van der Waals surface area contributed by atoms with Gasteiger partial charge in [0.15, 0.2) is 0 Å². The quantitative estimate of drug-likeness (QED) is 0.624. The second kappa shape index (κ2) is 3.34. The third-order valence-corrected chi connectivity index (χ3v) is 1.49. The zero-order valence-corrected chi connectivity index (χ0v) is 6.05. The lowest BCUT2D eigenvalue weighted by Gasteiger charge is -2.00. The van der Waals surface area contributed by atoms with Gasteiger partial charge in [0, 0.05) is 11.9 Å². The Kier molecular flexibility index (Phi) is 2.42. The van der Waals surface area contributed by atoms with Gasteiger partial charge in [-0.05, 0) is 6.42 Å². The summed E-state index contributed by atoms with van der Waals surface area (Å²) in [6, 6.07) is 0. The molecule has 0 unspecified atom stereocenters. The number of nitrogens with zero attached hydrogens (tertiary/aromatic N) is 2. The molecule has 0 saturated heterocycles. The summed E-state index contributed by atoms with van der Waals surface area (Å²) in [5.41, 5.74) is 1.10. The van der Waals surface area contributed by atoms with E-state index in [-0.39, 0.29) is 6.67 Å². The van der Waals surface area contributed by atoms with Gasteiger partial charge in [0.2, 0.25) is 0 Å². The predicted molar refractivity (Wildman–Crippen MR) is 37.6 cm³/mol. The molecule has 0 amide bonds. The summed E-state index contributed by atoms with van der Waals surface area (Å²) < 4.78 is 13.7. The zero-order valence-electron chi connectivity index (χ0n) is 6.05. The van der Waals surface area contributed by atoms with Gasteiger partial charge in [-0.15, -0.1) is 0 Å². The van der Waals surface area contributed by atoms with Crippen LogP contribution in [0.1, 0.15) is 12.6 Å². The molecule has 0 spiro atoms. The first-order valence-corrected chi connectivity index (χ1v) is 3.43. The Morgan fingerprint density at radius 3 is 3.10 bits per heavy atom. The Hall–Kier alpha value is -0.860. The van der Waals surface area contributed by atoms with Crippen LogP contribution in [0.4, 0.5) is 4.39 Å². The van der Waals surface area contributed by atoms with E-state index in [9.17, 15) is 4.39 Å². The number of imidazole rings is 1. The highest BCUT2D eigenvalue weighted by atomic mass is 19.1. The lowest BCUT2D eigenvalue weighted by atomic mass is 10.4. The fraction of sp³-hybridized carbons (Fsp3) is 0.571. The van der Waals surface area contributed by atoms with Crippen molar-refractivity contribution in [3.05, 3.63) is 18.2 Å². The highest BCUT2D eigenvalue weighted by molar-refractivity contribution is 4.97. The van der Waals surface area contributed by atoms with Crippen LogP contribution < -0.4 is 0 Å². The van der Waals surface area contributed by atoms with Crippen molar-refractivity contribution in [3.8, 4) is 0 Å². The van der Waals surface area contributed by atoms with Crippen LogP contribution in [-0.2, 0) is 13.0 Å². The third-order valence-electron chi connectivity index (χ3n) is 1.49. The highest BCUT2D eigenvalue weighted by Crippen LogP contribution is 1.99. The molecule has 0 bridgehead atoms. The fourth-order valence-electron chi connectivity index (χ4n) is 0.935. The van der Waals surface area contributed by atoms with E-state index >= 15 is 0 Å². The maximum absolute atomic E-state index is 11.8. The van der Waals surface area contributed by atoms with Crippen molar-refractivity contribution in [1.29, 1.82) is 0 Å². The second-order valence-corrected chi connectivity index (χ2v) is 2.12. The first-order valence-electron chi connectivity index (χ1n) is 3.43. The summed E-state index contributed by atoms with van der Waals surface area (Å²) >= 11 is 0. The summed E-state index contributed by atoms with van der Waals surface area (Å²) in [6.45, 7) is 2.15. The zero-order chi connectivity index (χ0) is 7.40. The molecule has 0 radical (unpaired) electrons. The summed E-state index contributed by atoms with van der Waals surface area (Å²) in [6.07, 6.45) is 4.36. The van der Waals surface area contributed by atoms with Crippen LogP contribution >= 0.6 is 0 Å². The molecule has 0 aliphatic carbocycles. The van der Waals surface area contributed by atoms with Gasteiger partial charge >= 0.3 is 0 Å². The lowest BCUT2D eigenvalue weighted by molar-refractivity contribution is 0.440. The van der Waals surface area contributed by atoms with E-state index in [0.29, 0.717) is 6.54 Å². The van der Waals surface area contributed by atoms with Crippen LogP contribution in [0.25, 0.3) is 0 Å². The van der Waals surface area contributed by atoms with Crippen molar-refractivity contribution in [2.24, 2.45) is 0 Å². The van der Waals surface area contributed by atoms with Gasteiger partial charge in [-0.25, -0.2) is 9.37 Å². The molecule has 1 aromatic heterocycles. The Labute approximate surface area is 59.7 Å². The van der Waals surface area contributed by atoms with Gasteiger partial charge in [-0.2, -0.15) is 0 Å². The van der Waals surface area contributed by atoms with E-state index in [0.717, 1.165) is 12.1 Å². The predicted octanol–water partition coefficient (Wildman–Crippen LogP) is 1.41. The molecule has 0 fully saturated rings. The van der Waals surface area contributed by atoms with E-state index in [4.69, 9.17) is 0 Å². The minimum Gasteiger partial charge on any atom is -0.332 e. The molecule has 1 heterocycles. The molecule has 0 aliphatic heterocycles. The standard InChI is InChI=1S/C7H11FN2/c1-2-7-5-9-6-10(7)4-3-8/h5-6H,2-4H2,1H3. The Morgan fingerprint density at radius 1 is 1.70 bits per heavy atom. The van der Waals surface area contributed by atoms with Crippen molar-refractivity contribution in [2.75, 3.05) is 6.67 Å². The number of halogens is 1. The molecule has 10 heavy (non-hydrogen) atoms. The smallest absolute Gasteiger partial charge is 0.107 e. The van der Waals surface area contributed by atoms with Crippen molar-refractivity contribution < 1.29 is 4.39 Å². The summed E-state index contributed by atoms with van der Waals surface area (Å²) in [5.74, 6) is 0. The Bertz CT molecular complexity index is 195. The van der Waals surface area contributed by atoms with E-state index in [1.807, 2.05) is 11.5 Å². The minimum absolute atomic E-state index is 0.316. The van der Waals surface area contributed by atoms with Crippen molar-refractivity contribution >= 4 is 0 Å². The Balaban J connectivity index is 2.70. The average Bonchev–Trinajstić information content (AvgIpc) is 2.36. The number of alkyl halides is 1. The van der Waals surface area contributed by atoms with Gasteiger partial charge in [-0.1, -0.05) is 6.92 Å². The Morgan fingerprint density at radius 2 is 2.50 bits per heavy atom. The van der Waals surface area contributed by atoms with Gasteiger partial charge in [0.25, 0.3) is 0 Å². The molecular weight excluding hydrogens is 131 g/mol. The van der Waals surface area contributed by atoms with Crippen LogP contribution in [0, 0.1) is 0 Å². The van der Waals surface area contributed by atoms with Crippen molar-refractivity contribution in [3.63, 3.8) is 0 Å². The van der Waals surface area contributed by atoms with Gasteiger partial charge in [0.05, 0.1) is 12.9 Å². The molecular formula is C7H11FN2. The molecule has 3 heteroatoms. The maximum atomic E-state index is 11.8. The van der Waals surface area contributed by atoms with E-state index in [1.165, 1.54) is 0 Å². The largest absolute Gasteiger partial charge is 0.332 e. The minimum atomic E-state index is -0.316. The molecule has 0 saturated carbocycles. The molecule has 0 aliphatic rings. The van der Waals surface area contributed by atoms with Crippen LogP contribution in [0.15, 0.2) is 12.5 Å². The van der Waals surface area contributed by atoms with Gasteiger partial charge < -0.3 is 4.57 Å². The van der Waals surface area contributed by atoms with Crippen LogP contribution in [0.3, 0.4) is 0 Å². The first-order chi connectivity index (χ1) is 4.88. The first kappa shape index (κ1) is 7.25. The molecule has 0 atom stereocenters. The second-order valence-electron chi connectivity index (χ2n) is 2.12. The molecule has 0 aromatic carbocycles. The molecule has 1 rings (SSSR count). The van der Waals surface area contributed by atoms with Gasteiger partial charge in [-0.3, -0.25) is 0 Å². The molecule has 2 nitrogen and oxygen atoms in total. The fourth-order valence-corrected chi connectivity index (χ4v) is 0.935. The molecule has 1 aromatic rings. The summed E-state index contributed by atoms with van der Waals surface area (Å²) in [4.78, 5) is 3.91. The number of hydrogen-bond donors (Lipinski definition) is 0. The summed E-state index contributed by atoms with van der Waals surface area (Å²) in [5, 5.41) is 0. The van der Waals surface area contributed by atoms with Crippen LogP contribution in [-0.4, -0.2) is 16.2 Å². The molecule has 56 valence electrons. The van der Waals surface area contributed by atoms with Crippen LogP contribution in [0.5, 0.6) is 0 Å². The normalized spacial score (nSPS) is 10.2. The van der Waals surface area contributed by atoms with Crippen molar-refractivity contribution in [2.45, 2.75) is 19.9 Å². The van der Waals surface area contributed by atoms with Crippen LogP contribution in [0.2, 0.25) is 0 Å². The number of aryl methyl sites for hydroxylation is 2. The number of rotatable bonds is 3. The van der Waals surface area contributed by atoms with Gasteiger partial charge in [0.1, 0.15) is 6.67 Å². The average molecular weight is 142 g/mol. The molecule has 0 N–H and O–H groups in total. The highest BCUT2D eigenvalue weighted by Gasteiger charge is 1.96. The van der Waals surface area contributed by atoms with E-state index < -0.39 is 0 Å². The topological polar surface area (TPSA) is 17.8 Å². The number of hydrogen-bond acceptors (Lipinski definition) is 1. The summed E-state index contributed by atoms with van der Waals surface area (Å²) in [7, 11) is 0. The van der Waals surface area contributed by atoms with E-state index in [1.54, 1.807) is 12.5 Å². The SMILES string of the molecule is CCc1cncn1CCF. The monoisotopic (exact) mass is 142 g/mol. The number of aromatic nitrogens is 2. The van der Waals surface area contributed by atoms with Crippen molar-refractivity contribution in [1.82, 2.24) is 9.55 Å². The third kappa shape index (κ3) is 1.35. The van der Waals surface area contributed by atoms with E-state index in [2.05, 4.69) is 4.98 Å².